The van der Waals surface area contributed by atoms with Gasteiger partial charge in [0.1, 0.15) is 5.82 Å². The van der Waals surface area contributed by atoms with Gasteiger partial charge in [0.15, 0.2) is 0 Å². The molecule has 0 spiro atoms. The van der Waals surface area contributed by atoms with Gasteiger partial charge in [0.25, 0.3) is 5.91 Å². The molecule has 1 heterocycles. The number of H-pyrrole nitrogens is 1. The average molecular weight is 283 g/mol. The molecule has 4 nitrogen and oxygen atoms in total. The first-order chi connectivity index (χ1) is 10.0. The van der Waals surface area contributed by atoms with Crippen LogP contribution in [-0.2, 0) is 0 Å². The Bertz CT molecular complexity index is 800. The molecule has 0 aliphatic carbocycles. The zero-order chi connectivity index (χ0) is 15.0. The van der Waals surface area contributed by atoms with E-state index in [0.29, 0.717) is 5.95 Å². The van der Waals surface area contributed by atoms with E-state index in [0.717, 1.165) is 22.2 Å². The van der Waals surface area contributed by atoms with Gasteiger partial charge in [-0.1, -0.05) is 6.07 Å². The van der Waals surface area contributed by atoms with Crippen LogP contribution in [0.5, 0.6) is 0 Å². The van der Waals surface area contributed by atoms with E-state index >= 15 is 0 Å². The Morgan fingerprint density at radius 2 is 1.95 bits per heavy atom. The van der Waals surface area contributed by atoms with Gasteiger partial charge in [0, 0.05) is 5.56 Å². The lowest BCUT2D eigenvalue weighted by molar-refractivity contribution is 0.102. The van der Waals surface area contributed by atoms with E-state index in [1.165, 1.54) is 18.2 Å². The summed E-state index contributed by atoms with van der Waals surface area (Å²) in [7, 11) is 0. The molecule has 106 valence electrons. The number of aromatic amines is 1. The monoisotopic (exact) mass is 283 g/mol. The molecule has 3 aromatic rings. The fraction of sp³-hybridized carbons (Fsp3) is 0.125. The first-order valence-corrected chi connectivity index (χ1v) is 6.57. The molecule has 0 bridgehead atoms. The van der Waals surface area contributed by atoms with Crippen molar-refractivity contribution in [2.24, 2.45) is 0 Å². The fourth-order valence-electron chi connectivity index (χ4n) is 2.14. The van der Waals surface area contributed by atoms with E-state index < -0.39 is 11.7 Å². The van der Waals surface area contributed by atoms with Crippen molar-refractivity contribution in [2.45, 2.75) is 13.8 Å². The van der Waals surface area contributed by atoms with Crippen molar-refractivity contribution in [2.75, 3.05) is 5.32 Å². The van der Waals surface area contributed by atoms with E-state index in [-0.39, 0.29) is 5.56 Å². The number of imidazole rings is 1. The number of halogens is 1. The molecule has 3 rings (SSSR count). The Morgan fingerprint density at radius 3 is 2.71 bits per heavy atom. The molecule has 0 radical (unpaired) electrons. The van der Waals surface area contributed by atoms with Crippen molar-refractivity contribution < 1.29 is 9.18 Å². The lowest BCUT2D eigenvalue weighted by atomic mass is 10.1. The minimum atomic E-state index is -0.446. The van der Waals surface area contributed by atoms with Crippen LogP contribution in [-0.4, -0.2) is 15.9 Å². The lowest BCUT2D eigenvalue weighted by Crippen LogP contribution is -2.13. The van der Waals surface area contributed by atoms with Crippen LogP contribution >= 0.6 is 0 Å². The molecule has 0 fully saturated rings. The Kier molecular flexibility index (Phi) is 3.17. The van der Waals surface area contributed by atoms with Gasteiger partial charge in [-0.2, -0.15) is 0 Å². The second-order valence-corrected chi connectivity index (χ2v) is 5.00. The second kappa shape index (κ2) is 5.01. The number of nitrogens with one attached hydrogen (secondary N) is 2. The van der Waals surface area contributed by atoms with Crippen LogP contribution in [0.2, 0.25) is 0 Å². The standard InChI is InChI=1S/C16H14FN3O/c1-9-6-13-14(7-10(9)2)19-16(18-13)20-15(21)11-4-3-5-12(17)8-11/h3-8H,1-2H3,(H2,18,19,20,21). The minimum Gasteiger partial charge on any atom is -0.324 e. The lowest BCUT2D eigenvalue weighted by Gasteiger charge is -2.01. The molecule has 0 aliphatic rings. The summed E-state index contributed by atoms with van der Waals surface area (Å²) < 4.78 is 13.1. The van der Waals surface area contributed by atoms with E-state index in [1.807, 2.05) is 26.0 Å². The van der Waals surface area contributed by atoms with Crippen LogP contribution in [0.4, 0.5) is 10.3 Å². The topological polar surface area (TPSA) is 57.8 Å². The SMILES string of the molecule is Cc1cc2nc(NC(=O)c3cccc(F)c3)[nH]c2cc1C. The number of aromatic nitrogens is 2. The summed E-state index contributed by atoms with van der Waals surface area (Å²) in [6.45, 7) is 4.02. The molecule has 0 saturated heterocycles. The third kappa shape index (κ3) is 2.63. The number of hydrogen-bond acceptors (Lipinski definition) is 2. The summed E-state index contributed by atoms with van der Waals surface area (Å²) in [4.78, 5) is 19.4. The zero-order valence-electron chi connectivity index (χ0n) is 11.7. The van der Waals surface area contributed by atoms with E-state index in [2.05, 4.69) is 15.3 Å². The quantitative estimate of drug-likeness (QED) is 0.755. The normalized spacial score (nSPS) is 10.8. The molecule has 21 heavy (non-hydrogen) atoms. The van der Waals surface area contributed by atoms with Crippen LogP contribution < -0.4 is 5.32 Å². The molecular weight excluding hydrogens is 269 g/mol. The minimum absolute atomic E-state index is 0.253. The predicted octanol–water partition coefficient (Wildman–Crippen LogP) is 3.57. The third-order valence-corrected chi connectivity index (χ3v) is 3.42. The maximum absolute atomic E-state index is 13.1. The molecule has 1 amide bonds. The zero-order valence-corrected chi connectivity index (χ0v) is 11.7. The highest BCUT2D eigenvalue weighted by Crippen LogP contribution is 2.19. The number of amides is 1. The van der Waals surface area contributed by atoms with Gasteiger partial charge < -0.3 is 4.98 Å². The number of fused-ring (bicyclic) bond motifs is 1. The third-order valence-electron chi connectivity index (χ3n) is 3.42. The van der Waals surface area contributed by atoms with Crippen molar-refractivity contribution in [3.05, 3.63) is 58.9 Å². The Hall–Kier alpha value is -2.69. The number of rotatable bonds is 2. The largest absolute Gasteiger partial charge is 0.324 e. The van der Waals surface area contributed by atoms with Crippen molar-refractivity contribution in [1.82, 2.24) is 9.97 Å². The maximum atomic E-state index is 13.1. The molecule has 0 unspecified atom stereocenters. The highest BCUT2D eigenvalue weighted by molar-refractivity contribution is 6.03. The number of benzene rings is 2. The van der Waals surface area contributed by atoms with Crippen molar-refractivity contribution in [1.29, 1.82) is 0 Å². The fourth-order valence-corrected chi connectivity index (χ4v) is 2.14. The van der Waals surface area contributed by atoms with Crippen molar-refractivity contribution in [3.63, 3.8) is 0 Å². The van der Waals surface area contributed by atoms with Gasteiger partial charge in [0.05, 0.1) is 11.0 Å². The molecule has 5 heteroatoms. The molecule has 0 aliphatic heterocycles. The summed E-state index contributed by atoms with van der Waals surface area (Å²) >= 11 is 0. The molecule has 2 N–H and O–H groups in total. The van der Waals surface area contributed by atoms with Crippen LogP contribution in [0, 0.1) is 19.7 Å². The van der Waals surface area contributed by atoms with Gasteiger partial charge >= 0.3 is 0 Å². The first-order valence-electron chi connectivity index (χ1n) is 6.57. The average Bonchev–Trinajstić information content (AvgIpc) is 2.80. The van der Waals surface area contributed by atoms with Gasteiger partial charge in [-0.05, 0) is 55.3 Å². The number of hydrogen-bond donors (Lipinski definition) is 2. The highest BCUT2D eigenvalue weighted by atomic mass is 19.1. The number of carbonyl (C=O) groups is 1. The predicted molar refractivity (Wildman–Crippen MR) is 79.9 cm³/mol. The van der Waals surface area contributed by atoms with Crippen LogP contribution in [0.15, 0.2) is 36.4 Å². The van der Waals surface area contributed by atoms with Crippen LogP contribution in [0.3, 0.4) is 0 Å². The molecular formula is C16H14FN3O. The second-order valence-electron chi connectivity index (χ2n) is 5.00. The summed E-state index contributed by atoms with van der Waals surface area (Å²) in [6, 6.07) is 9.47. The molecule has 0 atom stereocenters. The Balaban J connectivity index is 1.89. The molecule has 1 aromatic heterocycles. The van der Waals surface area contributed by atoms with Crippen molar-refractivity contribution in [3.8, 4) is 0 Å². The summed E-state index contributed by atoms with van der Waals surface area (Å²) in [6.07, 6.45) is 0. The Labute approximate surface area is 121 Å². The molecule has 2 aromatic carbocycles. The van der Waals surface area contributed by atoms with Crippen LogP contribution in [0.25, 0.3) is 11.0 Å². The summed E-state index contributed by atoms with van der Waals surface area (Å²) in [5.74, 6) is -0.496. The van der Waals surface area contributed by atoms with Crippen LogP contribution in [0.1, 0.15) is 21.5 Å². The Morgan fingerprint density at radius 1 is 1.19 bits per heavy atom. The van der Waals surface area contributed by atoms with Gasteiger partial charge in [0.2, 0.25) is 5.95 Å². The number of nitrogens with zero attached hydrogens (tertiary/aromatic N) is 1. The van der Waals surface area contributed by atoms with Gasteiger partial charge in [-0.25, -0.2) is 9.37 Å². The summed E-state index contributed by atoms with van der Waals surface area (Å²) in [5, 5.41) is 2.64. The summed E-state index contributed by atoms with van der Waals surface area (Å²) in [5.41, 5.74) is 4.18. The number of anilines is 1. The van der Waals surface area contributed by atoms with E-state index in [4.69, 9.17) is 0 Å². The smallest absolute Gasteiger partial charge is 0.258 e. The van der Waals surface area contributed by atoms with Gasteiger partial charge in [-0.3, -0.25) is 10.1 Å². The first kappa shape index (κ1) is 13.3. The van der Waals surface area contributed by atoms with Crippen molar-refractivity contribution >= 4 is 22.9 Å². The number of carbonyl (C=O) groups excluding carboxylic acids is 1. The van der Waals surface area contributed by atoms with E-state index in [1.54, 1.807) is 6.07 Å². The molecule has 0 saturated carbocycles. The van der Waals surface area contributed by atoms with E-state index in [9.17, 15) is 9.18 Å². The highest BCUT2D eigenvalue weighted by Gasteiger charge is 2.10. The number of aryl methyl sites for hydroxylation is 2. The maximum Gasteiger partial charge on any atom is 0.258 e. The van der Waals surface area contributed by atoms with Gasteiger partial charge in [-0.15, -0.1) is 0 Å².